The zero-order valence-electron chi connectivity index (χ0n) is 16.3. The number of halogens is 1. The van der Waals surface area contributed by atoms with E-state index in [1.807, 2.05) is 6.92 Å². The van der Waals surface area contributed by atoms with Crippen LogP contribution >= 0.6 is 11.6 Å². The molecule has 0 radical (unpaired) electrons. The molecule has 1 atom stereocenters. The second-order valence-corrected chi connectivity index (χ2v) is 6.91. The van der Waals surface area contributed by atoms with Crippen molar-refractivity contribution in [3.05, 3.63) is 47.5 Å². The lowest BCUT2D eigenvalue weighted by Gasteiger charge is -2.24. The Morgan fingerprint density at radius 1 is 1.14 bits per heavy atom. The van der Waals surface area contributed by atoms with Gasteiger partial charge in [0.2, 0.25) is 5.91 Å². The summed E-state index contributed by atoms with van der Waals surface area (Å²) in [5.74, 6) is 1.18. The van der Waals surface area contributed by atoms with Gasteiger partial charge in [-0.3, -0.25) is 9.59 Å². The molecular weight excluding hydrogens is 396 g/mol. The highest BCUT2D eigenvalue weighted by Gasteiger charge is 2.23. The van der Waals surface area contributed by atoms with Crippen LogP contribution in [0.25, 0.3) is 0 Å². The molecule has 0 aliphatic carbocycles. The van der Waals surface area contributed by atoms with Crippen LogP contribution in [0.1, 0.15) is 13.8 Å². The van der Waals surface area contributed by atoms with Gasteiger partial charge in [0.05, 0.1) is 6.54 Å². The minimum absolute atomic E-state index is 0.0852. The Balaban J connectivity index is 1.57. The Morgan fingerprint density at radius 2 is 1.83 bits per heavy atom. The van der Waals surface area contributed by atoms with Crippen LogP contribution in [-0.2, 0) is 9.59 Å². The van der Waals surface area contributed by atoms with Gasteiger partial charge in [-0.2, -0.15) is 0 Å². The molecule has 2 aromatic rings. The van der Waals surface area contributed by atoms with Gasteiger partial charge >= 0.3 is 0 Å². The highest BCUT2D eigenvalue weighted by atomic mass is 35.5. The Kier molecular flexibility index (Phi) is 6.82. The lowest BCUT2D eigenvalue weighted by Crippen LogP contribution is -2.44. The smallest absolute Gasteiger partial charge is 0.263 e. The maximum Gasteiger partial charge on any atom is 0.263 e. The summed E-state index contributed by atoms with van der Waals surface area (Å²) in [4.78, 5) is 26.6. The fraction of sp³-hybridized carbons (Fsp3) is 0.333. The third-order valence-electron chi connectivity index (χ3n) is 4.33. The van der Waals surface area contributed by atoms with Crippen LogP contribution in [0.2, 0.25) is 5.02 Å². The molecule has 0 saturated heterocycles. The number of likely N-dealkylation sites (N-methyl/N-ethyl adjacent to an activating group) is 1. The number of carbonyl (C=O) groups is 2. The molecule has 1 aliphatic rings. The molecule has 3 rings (SSSR count). The number of nitrogens with zero attached hydrogens (tertiary/aromatic N) is 1. The third-order valence-corrected chi connectivity index (χ3v) is 4.58. The number of hydrogen-bond donors (Lipinski definition) is 1. The highest BCUT2D eigenvalue weighted by molar-refractivity contribution is 6.30. The van der Waals surface area contributed by atoms with Gasteiger partial charge in [-0.05, 0) is 50.2 Å². The van der Waals surface area contributed by atoms with Crippen molar-refractivity contribution in [2.75, 3.05) is 31.6 Å². The maximum atomic E-state index is 12.7. The number of anilines is 1. The van der Waals surface area contributed by atoms with Crippen molar-refractivity contribution in [2.45, 2.75) is 20.0 Å². The fourth-order valence-corrected chi connectivity index (χ4v) is 2.99. The molecule has 29 heavy (non-hydrogen) atoms. The van der Waals surface area contributed by atoms with E-state index >= 15 is 0 Å². The lowest BCUT2D eigenvalue weighted by molar-refractivity contribution is -0.140. The van der Waals surface area contributed by atoms with Crippen LogP contribution in [0.3, 0.4) is 0 Å². The van der Waals surface area contributed by atoms with E-state index in [1.165, 1.54) is 4.90 Å². The topological polar surface area (TPSA) is 77.1 Å². The highest BCUT2D eigenvalue weighted by Crippen LogP contribution is 2.32. The number of rotatable bonds is 7. The van der Waals surface area contributed by atoms with Crippen molar-refractivity contribution in [3.8, 4) is 17.2 Å². The van der Waals surface area contributed by atoms with Crippen molar-refractivity contribution in [1.29, 1.82) is 0 Å². The SMILES string of the molecule is CCN(CC(=O)Nc1ccc2c(c1)OCCO2)C(=O)[C@H](C)Oc1ccc(Cl)cc1. The average Bonchev–Trinajstić information content (AvgIpc) is 2.73. The minimum Gasteiger partial charge on any atom is -0.486 e. The van der Waals surface area contributed by atoms with E-state index < -0.39 is 6.10 Å². The largest absolute Gasteiger partial charge is 0.486 e. The first-order valence-electron chi connectivity index (χ1n) is 9.36. The maximum absolute atomic E-state index is 12.7. The van der Waals surface area contributed by atoms with Crippen LogP contribution in [0.4, 0.5) is 5.69 Å². The van der Waals surface area contributed by atoms with Crippen molar-refractivity contribution < 1.29 is 23.8 Å². The molecule has 8 heteroatoms. The summed E-state index contributed by atoms with van der Waals surface area (Å²) in [5, 5.41) is 3.37. The monoisotopic (exact) mass is 418 g/mol. The number of benzene rings is 2. The standard InChI is InChI=1S/C21H23ClN2O5/c1-3-24(21(26)14(2)29-17-7-4-15(22)5-8-17)13-20(25)23-16-6-9-18-19(12-16)28-11-10-27-18/h4-9,12,14H,3,10-11,13H2,1-2H3,(H,23,25)/t14-/m0/s1. The van der Waals surface area contributed by atoms with Gasteiger partial charge in [0.15, 0.2) is 17.6 Å². The summed E-state index contributed by atoms with van der Waals surface area (Å²) < 4.78 is 16.6. The minimum atomic E-state index is -0.738. The molecule has 7 nitrogen and oxygen atoms in total. The van der Waals surface area contributed by atoms with Gasteiger partial charge in [-0.15, -0.1) is 0 Å². The van der Waals surface area contributed by atoms with Gasteiger partial charge in [-0.25, -0.2) is 0 Å². The Bertz CT molecular complexity index is 872. The summed E-state index contributed by atoms with van der Waals surface area (Å²) in [5.41, 5.74) is 0.577. The molecule has 2 aromatic carbocycles. The summed E-state index contributed by atoms with van der Waals surface area (Å²) in [7, 11) is 0. The Labute approximate surface area is 174 Å². The lowest BCUT2D eigenvalue weighted by atomic mass is 10.2. The second-order valence-electron chi connectivity index (χ2n) is 6.47. The van der Waals surface area contributed by atoms with Crippen LogP contribution in [-0.4, -0.2) is 49.1 Å². The molecule has 0 fully saturated rings. The molecule has 0 saturated carbocycles. The van der Waals surface area contributed by atoms with Crippen molar-refractivity contribution >= 4 is 29.1 Å². The first-order valence-corrected chi connectivity index (χ1v) is 9.74. The summed E-state index contributed by atoms with van der Waals surface area (Å²) in [6.07, 6.45) is -0.738. The number of amides is 2. The van der Waals surface area contributed by atoms with Crippen LogP contribution in [0.5, 0.6) is 17.2 Å². The van der Waals surface area contributed by atoms with E-state index in [2.05, 4.69) is 5.32 Å². The van der Waals surface area contributed by atoms with E-state index in [0.29, 0.717) is 47.7 Å². The quantitative estimate of drug-likeness (QED) is 0.746. The first kappa shape index (κ1) is 20.8. The van der Waals surface area contributed by atoms with Crippen molar-refractivity contribution in [3.63, 3.8) is 0 Å². The van der Waals surface area contributed by atoms with Gasteiger partial charge in [0.1, 0.15) is 19.0 Å². The van der Waals surface area contributed by atoms with Gasteiger partial charge in [0, 0.05) is 23.3 Å². The third kappa shape index (κ3) is 5.54. The van der Waals surface area contributed by atoms with E-state index in [-0.39, 0.29) is 18.4 Å². The predicted molar refractivity (Wildman–Crippen MR) is 110 cm³/mol. The molecule has 1 N–H and O–H groups in total. The zero-order chi connectivity index (χ0) is 20.8. The van der Waals surface area contributed by atoms with Crippen LogP contribution in [0.15, 0.2) is 42.5 Å². The molecule has 2 amide bonds. The number of nitrogens with one attached hydrogen (secondary N) is 1. The second kappa shape index (κ2) is 9.52. The molecule has 1 heterocycles. The summed E-state index contributed by atoms with van der Waals surface area (Å²) in [6.45, 7) is 4.72. The first-order chi connectivity index (χ1) is 14.0. The van der Waals surface area contributed by atoms with E-state index in [1.54, 1.807) is 49.4 Å². The normalized spacial score (nSPS) is 13.3. The van der Waals surface area contributed by atoms with Gasteiger partial charge in [-0.1, -0.05) is 11.6 Å². The number of ether oxygens (including phenoxy) is 3. The average molecular weight is 419 g/mol. The van der Waals surface area contributed by atoms with Crippen molar-refractivity contribution in [2.24, 2.45) is 0 Å². The van der Waals surface area contributed by atoms with Gasteiger partial charge in [0.25, 0.3) is 5.91 Å². The zero-order valence-corrected chi connectivity index (χ0v) is 17.1. The van der Waals surface area contributed by atoms with Crippen molar-refractivity contribution in [1.82, 2.24) is 4.90 Å². The number of hydrogen-bond acceptors (Lipinski definition) is 5. The van der Waals surface area contributed by atoms with E-state index in [4.69, 9.17) is 25.8 Å². The summed E-state index contributed by atoms with van der Waals surface area (Å²) >= 11 is 5.86. The summed E-state index contributed by atoms with van der Waals surface area (Å²) in [6, 6.07) is 11.9. The molecule has 154 valence electrons. The number of fused-ring (bicyclic) bond motifs is 1. The Morgan fingerprint density at radius 3 is 2.52 bits per heavy atom. The Hall–Kier alpha value is -2.93. The van der Waals surface area contributed by atoms with E-state index in [0.717, 1.165) is 0 Å². The predicted octanol–water partition coefficient (Wildman–Crippen LogP) is 3.37. The van der Waals surface area contributed by atoms with Crippen LogP contribution < -0.4 is 19.5 Å². The fourth-order valence-electron chi connectivity index (χ4n) is 2.87. The van der Waals surface area contributed by atoms with Crippen LogP contribution in [0, 0.1) is 0 Å². The number of carbonyl (C=O) groups excluding carboxylic acids is 2. The molecule has 1 aliphatic heterocycles. The molecule has 0 spiro atoms. The van der Waals surface area contributed by atoms with E-state index in [9.17, 15) is 9.59 Å². The van der Waals surface area contributed by atoms with Gasteiger partial charge < -0.3 is 24.4 Å². The molecular formula is C21H23ClN2O5. The molecule has 0 bridgehead atoms. The molecule has 0 aromatic heterocycles. The molecule has 0 unspecified atom stereocenters.